The Balaban J connectivity index is 0.882. The van der Waals surface area contributed by atoms with E-state index in [4.69, 9.17) is 19.4 Å². The predicted octanol–water partition coefficient (Wildman–Crippen LogP) is 8.19. The van der Waals surface area contributed by atoms with Crippen molar-refractivity contribution in [3.8, 4) is 33.6 Å². The fraction of sp³-hybridized carbons (Fsp3) is 0.347. The van der Waals surface area contributed by atoms with Crippen molar-refractivity contribution in [2.75, 3.05) is 27.3 Å². The van der Waals surface area contributed by atoms with E-state index in [1.165, 1.54) is 14.2 Å². The molecule has 6 aromatic rings. The highest BCUT2D eigenvalue weighted by atomic mass is 16.5. The molecule has 14 heteroatoms. The van der Waals surface area contributed by atoms with Gasteiger partial charge >= 0.3 is 12.2 Å². The van der Waals surface area contributed by atoms with E-state index in [-0.39, 0.29) is 29.8 Å². The molecule has 9 rings (SSSR count). The van der Waals surface area contributed by atoms with Crippen molar-refractivity contribution in [2.24, 2.45) is 5.92 Å². The van der Waals surface area contributed by atoms with Crippen LogP contribution in [0.15, 0.2) is 97.3 Å². The van der Waals surface area contributed by atoms with Gasteiger partial charge < -0.3 is 39.9 Å². The van der Waals surface area contributed by atoms with Gasteiger partial charge in [0.2, 0.25) is 5.91 Å². The Bertz CT molecular complexity index is 2690. The molecule has 1 aliphatic carbocycles. The first kappa shape index (κ1) is 41.4. The number of nitrogens with zero attached hydrogens (tertiary/aromatic N) is 4. The van der Waals surface area contributed by atoms with Gasteiger partial charge in [-0.05, 0) is 95.2 Å². The molecular weight excluding hydrogens is 797 g/mol. The number of amides is 4. The number of carbonyl (C=O) groups excluding carboxylic acids is 4. The Morgan fingerprint density at radius 2 is 1.29 bits per heavy atom. The summed E-state index contributed by atoms with van der Waals surface area (Å²) in [5, 5.41) is 7.83. The fourth-order valence-electron chi connectivity index (χ4n) is 9.71. The molecule has 4 unspecified atom stereocenters. The molecular formula is C49H52N8O6. The van der Waals surface area contributed by atoms with Crippen molar-refractivity contribution in [2.45, 2.75) is 76.0 Å². The van der Waals surface area contributed by atoms with Crippen molar-refractivity contribution < 1.29 is 28.7 Å². The van der Waals surface area contributed by atoms with Crippen LogP contribution in [0.2, 0.25) is 0 Å². The maximum absolute atomic E-state index is 14.5. The second-order valence-electron chi connectivity index (χ2n) is 17.1. The molecule has 63 heavy (non-hydrogen) atoms. The maximum atomic E-state index is 14.5. The fourth-order valence-corrected chi connectivity index (χ4v) is 9.71. The minimum atomic E-state index is -1.19. The number of hydrogen-bond donors (Lipinski definition) is 4. The smallest absolute Gasteiger partial charge is 0.407 e. The zero-order valence-corrected chi connectivity index (χ0v) is 35.9. The Morgan fingerprint density at radius 3 is 1.95 bits per heavy atom. The average molecular weight is 849 g/mol. The maximum Gasteiger partial charge on any atom is 0.407 e. The van der Waals surface area contributed by atoms with Crippen LogP contribution in [0.4, 0.5) is 9.59 Å². The van der Waals surface area contributed by atoms with Crippen molar-refractivity contribution in [1.29, 1.82) is 0 Å². The summed E-state index contributed by atoms with van der Waals surface area (Å²) in [4.78, 5) is 72.9. The number of likely N-dealkylation sites (tertiary alicyclic amines) is 2. The molecule has 4 amide bonds. The zero-order valence-electron chi connectivity index (χ0n) is 35.9. The second-order valence-corrected chi connectivity index (χ2v) is 17.1. The van der Waals surface area contributed by atoms with Gasteiger partial charge in [-0.2, -0.15) is 0 Å². The van der Waals surface area contributed by atoms with Crippen LogP contribution < -0.4 is 10.6 Å². The molecule has 2 saturated heterocycles. The largest absolute Gasteiger partial charge is 0.453 e. The summed E-state index contributed by atoms with van der Waals surface area (Å²) in [6.07, 6.45) is 6.77. The number of fused-ring (bicyclic) bond motifs is 2. The standard InChI is InChI=1S/C49H52N8O6/c1-29(2)42(54-47(60)62-3)45(58)56-23-7-11-40(56)43-51-28-39(53-43)36-20-19-34-25-33(17-18-35(34)26-36)30-13-15-32(16-14-30)38-27-50-44(52-38)41-12-8-24-57(41)46(59)49(55-48(61)63-4)22-21-31-9-5-6-10-37(31)49/h5-6,9-10,13-20,25-29,40-42H,7-8,11-12,21-24H2,1-4H3,(H,50,52)(H,51,53)(H,54,60)(H,55,61). The lowest BCUT2D eigenvalue weighted by Gasteiger charge is -2.36. The minimum absolute atomic E-state index is 0.108. The molecule has 4 atom stereocenters. The van der Waals surface area contributed by atoms with E-state index < -0.39 is 23.8 Å². The van der Waals surface area contributed by atoms with Gasteiger partial charge in [-0.25, -0.2) is 19.6 Å². The third-order valence-electron chi connectivity index (χ3n) is 13.1. The van der Waals surface area contributed by atoms with Crippen LogP contribution in [0.3, 0.4) is 0 Å². The number of alkyl carbamates (subject to hydrolysis) is 2. The van der Waals surface area contributed by atoms with Gasteiger partial charge in [0, 0.05) is 18.7 Å². The summed E-state index contributed by atoms with van der Waals surface area (Å²) in [5.74, 6) is 1.06. The topological polar surface area (TPSA) is 175 Å². The van der Waals surface area contributed by atoms with Crippen LogP contribution in [0, 0.1) is 5.92 Å². The van der Waals surface area contributed by atoms with E-state index in [1.807, 2.05) is 60.3 Å². The zero-order chi connectivity index (χ0) is 43.8. The highest BCUT2D eigenvalue weighted by Crippen LogP contribution is 2.43. The van der Waals surface area contributed by atoms with Crippen molar-refractivity contribution in [1.82, 2.24) is 40.4 Å². The number of nitrogens with one attached hydrogen (secondary N) is 4. The Labute approximate surface area is 365 Å². The van der Waals surface area contributed by atoms with E-state index in [0.29, 0.717) is 25.9 Å². The van der Waals surface area contributed by atoms with Gasteiger partial charge in [0.1, 0.15) is 23.2 Å². The lowest BCUT2D eigenvalue weighted by atomic mass is 9.89. The summed E-state index contributed by atoms with van der Waals surface area (Å²) in [5.41, 5.74) is 6.55. The first-order valence-corrected chi connectivity index (χ1v) is 21.7. The summed E-state index contributed by atoms with van der Waals surface area (Å²) < 4.78 is 9.76. The number of aryl methyl sites for hydroxylation is 1. The van der Waals surface area contributed by atoms with Gasteiger partial charge in [0.25, 0.3) is 5.91 Å². The summed E-state index contributed by atoms with van der Waals surface area (Å²) in [7, 11) is 2.61. The summed E-state index contributed by atoms with van der Waals surface area (Å²) >= 11 is 0. The molecule has 14 nitrogen and oxygen atoms in total. The normalized spacial score (nSPS) is 19.9. The summed E-state index contributed by atoms with van der Waals surface area (Å²) in [6.45, 7) is 4.97. The molecule has 2 aliphatic heterocycles. The van der Waals surface area contributed by atoms with Crippen LogP contribution in [-0.2, 0) is 31.0 Å². The van der Waals surface area contributed by atoms with Gasteiger partial charge in [0.15, 0.2) is 0 Å². The number of carbonyl (C=O) groups is 4. The molecule has 2 aromatic heterocycles. The first-order chi connectivity index (χ1) is 30.6. The van der Waals surface area contributed by atoms with Crippen molar-refractivity contribution >= 4 is 34.8 Å². The van der Waals surface area contributed by atoms with Crippen molar-refractivity contribution in [3.63, 3.8) is 0 Å². The monoisotopic (exact) mass is 848 g/mol. The second kappa shape index (κ2) is 17.1. The van der Waals surface area contributed by atoms with E-state index in [1.54, 1.807) is 0 Å². The lowest BCUT2D eigenvalue weighted by molar-refractivity contribution is -0.140. The number of imidazole rings is 2. The van der Waals surface area contributed by atoms with Crippen molar-refractivity contribution in [3.05, 3.63) is 120 Å². The Kier molecular flexibility index (Phi) is 11.2. The third kappa shape index (κ3) is 7.78. The molecule has 2 fully saturated rings. The number of hydrogen-bond acceptors (Lipinski definition) is 8. The van der Waals surface area contributed by atoms with Crippen LogP contribution in [0.5, 0.6) is 0 Å². The number of H-pyrrole nitrogens is 2. The van der Waals surface area contributed by atoms with Gasteiger partial charge in [-0.3, -0.25) is 9.59 Å². The molecule has 4 heterocycles. The van der Waals surface area contributed by atoms with E-state index in [9.17, 15) is 19.2 Å². The molecule has 324 valence electrons. The molecule has 0 bridgehead atoms. The molecule has 4 aromatic carbocycles. The Hall–Kier alpha value is -6.96. The first-order valence-electron chi connectivity index (χ1n) is 21.7. The number of aromatic nitrogens is 4. The predicted molar refractivity (Wildman–Crippen MR) is 238 cm³/mol. The highest BCUT2D eigenvalue weighted by molar-refractivity contribution is 5.93. The number of benzene rings is 4. The molecule has 0 radical (unpaired) electrons. The average Bonchev–Trinajstić information content (AvgIpc) is 4.17. The van der Waals surface area contributed by atoms with E-state index >= 15 is 0 Å². The van der Waals surface area contributed by atoms with Gasteiger partial charge in [-0.15, -0.1) is 0 Å². The van der Waals surface area contributed by atoms with Crippen LogP contribution in [0.1, 0.15) is 80.8 Å². The molecule has 0 spiro atoms. The SMILES string of the molecule is COC(=O)NC(C(=O)N1CCCC1c1ncc(-c2ccc3cc(-c4ccc(-c5cnc(C6CCCN6C(=O)C6(NC(=O)OC)CCc7ccccc76)[nH]5)cc4)ccc3c2)[nH]1)C(C)C. The van der Waals surface area contributed by atoms with Gasteiger partial charge in [0.05, 0.1) is 50.1 Å². The number of methoxy groups -OCH3 is 2. The lowest BCUT2D eigenvalue weighted by Crippen LogP contribution is -2.56. The van der Waals surface area contributed by atoms with Crippen LogP contribution in [0.25, 0.3) is 44.4 Å². The summed E-state index contributed by atoms with van der Waals surface area (Å²) in [6, 6.07) is 27.8. The van der Waals surface area contributed by atoms with Gasteiger partial charge in [-0.1, -0.05) is 86.6 Å². The highest BCUT2D eigenvalue weighted by Gasteiger charge is 2.51. The quantitative estimate of drug-likeness (QED) is 0.107. The van der Waals surface area contributed by atoms with Crippen LogP contribution in [-0.4, -0.2) is 87.1 Å². The molecule has 3 aliphatic rings. The Morgan fingerprint density at radius 1 is 0.714 bits per heavy atom. The molecule has 0 saturated carbocycles. The minimum Gasteiger partial charge on any atom is -0.453 e. The number of rotatable bonds is 10. The van der Waals surface area contributed by atoms with Crippen LogP contribution >= 0.6 is 0 Å². The van der Waals surface area contributed by atoms with E-state index in [0.717, 1.165) is 92.9 Å². The third-order valence-corrected chi connectivity index (χ3v) is 13.1. The molecule has 4 N–H and O–H groups in total. The number of aromatic amines is 2. The van der Waals surface area contributed by atoms with E-state index in [2.05, 4.69) is 81.3 Å². The number of ether oxygens (including phenoxy) is 2.